The van der Waals surface area contributed by atoms with Crippen LogP contribution in [0.5, 0.6) is 0 Å². The lowest BCUT2D eigenvalue weighted by molar-refractivity contribution is -0.118. The van der Waals surface area contributed by atoms with Gasteiger partial charge in [0.25, 0.3) is 11.5 Å². The average Bonchev–Trinajstić information content (AvgIpc) is 3.63. The first-order chi connectivity index (χ1) is 21.0. The van der Waals surface area contributed by atoms with Gasteiger partial charge in [-0.25, -0.2) is 4.79 Å². The van der Waals surface area contributed by atoms with Crippen LogP contribution in [0.4, 0.5) is 11.4 Å². The molecule has 44 heavy (non-hydrogen) atoms. The molecule has 11 heteroatoms. The van der Waals surface area contributed by atoms with Crippen molar-refractivity contribution >= 4 is 51.0 Å². The minimum Gasteiger partial charge on any atom is -0.462 e. The van der Waals surface area contributed by atoms with E-state index in [1.54, 1.807) is 55.5 Å². The molecule has 0 unspecified atom stereocenters. The number of anilines is 2. The maximum absolute atomic E-state index is 13.8. The summed E-state index contributed by atoms with van der Waals surface area (Å²) >= 11 is 1.10. The van der Waals surface area contributed by atoms with Crippen molar-refractivity contribution < 1.29 is 19.1 Å². The highest BCUT2D eigenvalue weighted by molar-refractivity contribution is 7.15. The number of para-hydroxylation sites is 1. The predicted molar refractivity (Wildman–Crippen MR) is 169 cm³/mol. The first kappa shape index (κ1) is 28.9. The number of carbonyl (C=O) groups excluding carboxylic acids is 3. The minimum absolute atomic E-state index is 0.00444. The molecule has 6 rings (SSSR count). The van der Waals surface area contributed by atoms with Gasteiger partial charge in [0.15, 0.2) is 5.82 Å². The summed E-state index contributed by atoms with van der Waals surface area (Å²) < 4.78 is 6.43. The van der Waals surface area contributed by atoms with E-state index in [0.29, 0.717) is 33.3 Å². The van der Waals surface area contributed by atoms with E-state index < -0.39 is 23.3 Å². The molecule has 3 aromatic carbocycles. The SMILES string of the molecule is CCOC(=O)c1ccc(NC(=O)CN2C(=O)C(=c3sc4nc(-c5ccc(C(C)(C)C)cc5)nn4c3=O)c3ccccc32)cc1. The van der Waals surface area contributed by atoms with E-state index in [4.69, 9.17) is 4.74 Å². The number of fused-ring (bicyclic) bond motifs is 2. The van der Waals surface area contributed by atoms with Crippen LogP contribution in [-0.4, -0.2) is 45.5 Å². The fraction of sp³-hybridized carbons (Fsp3) is 0.212. The van der Waals surface area contributed by atoms with E-state index in [1.165, 1.54) is 15.0 Å². The highest BCUT2D eigenvalue weighted by Crippen LogP contribution is 2.35. The fourth-order valence-corrected chi connectivity index (χ4v) is 6.03. The van der Waals surface area contributed by atoms with Crippen LogP contribution in [-0.2, 0) is 19.7 Å². The number of ether oxygens (including phenoxy) is 1. The van der Waals surface area contributed by atoms with Gasteiger partial charge in [-0.1, -0.05) is 74.6 Å². The summed E-state index contributed by atoms with van der Waals surface area (Å²) in [5.74, 6) is -0.922. The zero-order chi connectivity index (χ0) is 31.2. The van der Waals surface area contributed by atoms with Crippen molar-refractivity contribution in [1.29, 1.82) is 0 Å². The van der Waals surface area contributed by atoms with Crippen molar-refractivity contribution in [2.45, 2.75) is 33.1 Å². The lowest BCUT2D eigenvalue weighted by Crippen LogP contribution is -2.37. The number of benzene rings is 3. The Morgan fingerprint density at radius 1 is 0.955 bits per heavy atom. The van der Waals surface area contributed by atoms with Gasteiger partial charge in [0.1, 0.15) is 11.1 Å². The molecule has 0 bridgehead atoms. The lowest BCUT2D eigenvalue weighted by Gasteiger charge is -2.18. The summed E-state index contributed by atoms with van der Waals surface area (Å²) in [6.45, 7) is 8.12. The minimum atomic E-state index is -0.460. The summed E-state index contributed by atoms with van der Waals surface area (Å²) in [5, 5.41) is 7.22. The van der Waals surface area contributed by atoms with Crippen LogP contribution < -0.4 is 20.3 Å². The smallest absolute Gasteiger partial charge is 0.338 e. The molecule has 222 valence electrons. The molecule has 5 aromatic rings. The van der Waals surface area contributed by atoms with Crippen molar-refractivity contribution in [3.05, 3.63) is 104 Å². The molecule has 10 nitrogen and oxygen atoms in total. The second-order valence-electron chi connectivity index (χ2n) is 11.3. The first-order valence-electron chi connectivity index (χ1n) is 14.1. The Balaban J connectivity index is 1.28. The van der Waals surface area contributed by atoms with Gasteiger partial charge < -0.3 is 10.1 Å². The molecule has 2 aromatic heterocycles. The molecular weight excluding hydrogens is 578 g/mol. The fourth-order valence-electron chi connectivity index (χ4n) is 5.03. The Hall–Kier alpha value is -5.16. The molecule has 0 spiro atoms. The van der Waals surface area contributed by atoms with Crippen molar-refractivity contribution in [3.8, 4) is 11.4 Å². The molecule has 1 aliphatic rings. The second-order valence-corrected chi connectivity index (χ2v) is 12.3. The van der Waals surface area contributed by atoms with Crippen LogP contribution in [0.2, 0.25) is 0 Å². The highest BCUT2D eigenvalue weighted by Gasteiger charge is 2.35. The summed E-state index contributed by atoms with van der Waals surface area (Å²) in [4.78, 5) is 58.6. The van der Waals surface area contributed by atoms with Crippen molar-refractivity contribution in [2.24, 2.45) is 0 Å². The molecule has 1 N–H and O–H groups in total. The van der Waals surface area contributed by atoms with E-state index in [0.717, 1.165) is 16.9 Å². The number of thiazole rings is 1. The number of rotatable bonds is 6. The first-order valence-corrected chi connectivity index (χ1v) is 14.9. The molecule has 0 radical (unpaired) electrons. The summed E-state index contributed by atoms with van der Waals surface area (Å²) in [6, 6.07) is 21.3. The van der Waals surface area contributed by atoms with E-state index in [9.17, 15) is 19.2 Å². The number of nitrogens with zero attached hydrogens (tertiary/aromatic N) is 4. The Labute approximate surface area is 256 Å². The standard InChI is InChI=1S/C33H29N5O5S/c1-5-43-31(42)20-12-16-22(17-13-20)34-25(39)18-37-24-9-7-6-8-23(24)26(29(37)40)27-30(41)38-32(44-27)35-28(36-38)19-10-14-21(15-11-19)33(2,3)4/h6-17H,5,18H2,1-4H3,(H,34,39). The van der Waals surface area contributed by atoms with Crippen molar-refractivity contribution in [2.75, 3.05) is 23.4 Å². The normalized spacial score (nSPS) is 14.2. The van der Waals surface area contributed by atoms with E-state index in [-0.39, 0.29) is 28.7 Å². The average molecular weight is 608 g/mol. The summed E-state index contributed by atoms with van der Waals surface area (Å²) in [5.41, 5.74) is 3.65. The number of esters is 1. The number of nitrogens with one attached hydrogen (secondary N) is 1. The topological polar surface area (TPSA) is 123 Å². The Morgan fingerprint density at radius 2 is 1.66 bits per heavy atom. The molecule has 0 aliphatic carbocycles. The largest absolute Gasteiger partial charge is 0.462 e. The molecule has 0 atom stereocenters. The Kier molecular flexibility index (Phi) is 7.34. The quantitative estimate of drug-likeness (QED) is 0.287. The van der Waals surface area contributed by atoms with E-state index in [1.807, 2.05) is 24.3 Å². The van der Waals surface area contributed by atoms with Crippen LogP contribution in [0, 0.1) is 0 Å². The molecule has 0 saturated heterocycles. The van der Waals surface area contributed by atoms with Crippen LogP contribution in [0.1, 0.15) is 49.2 Å². The van der Waals surface area contributed by atoms with Crippen LogP contribution in [0.25, 0.3) is 21.9 Å². The second kappa shape index (κ2) is 11.2. The Morgan fingerprint density at radius 3 is 2.32 bits per heavy atom. The van der Waals surface area contributed by atoms with Crippen LogP contribution in [0.3, 0.4) is 0 Å². The third kappa shape index (κ3) is 5.26. The molecule has 0 saturated carbocycles. The summed E-state index contributed by atoms with van der Waals surface area (Å²) in [6.07, 6.45) is 0. The van der Waals surface area contributed by atoms with Gasteiger partial charge >= 0.3 is 5.97 Å². The number of amides is 2. The molecule has 2 amide bonds. The summed E-state index contributed by atoms with van der Waals surface area (Å²) in [7, 11) is 0. The Bertz CT molecular complexity index is 2040. The van der Waals surface area contributed by atoms with Gasteiger partial charge in [0, 0.05) is 16.8 Å². The number of hydrogen-bond acceptors (Lipinski definition) is 8. The van der Waals surface area contributed by atoms with Gasteiger partial charge in [0.05, 0.1) is 23.4 Å². The van der Waals surface area contributed by atoms with Gasteiger partial charge in [0.2, 0.25) is 10.9 Å². The van der Waals surface area contributed by atoms with Crippen molar-refractivity contribution in [3.63, 3.8) is 0 Å². The zero-order valence-electron chi connectivity index (χ0n) is 24.6. The van der Waals surface area contributed by atoms with Crippen molar-refractivity contribution in [1.82, 2.24) is 14.6 Å². The maximum Gasteiger partial charge on any atom is 0.338 e. The molecule has 3 heterocycles. The molecular formula is C33H29N5O5S. The monoisotopic (exact) mass is 607 g/mol. The maximum atomic E-state index is 13.8. The lowest BCUT2D eigenvalue weighted by atomic mass is 9.87. The van der Waals surface area contributed by atoms with E-state index >= 15 is 0 Å². The van der Waals surface area contributed by atoms with Crippen LogP contribution in [0.15, 0.2) is 77.6 Å². The number of aromatic nitrogens is 3. The number of carbonyl (C=O) groups is 3. The van der Waals surface area contributed by atoms with Gasteiger partial charge in [-0.15, -0.1) is 5.10 Å². The van der Waals surface area contributed by atoms with Gasteiger partial charge in [-0.2, -0.15) is 9.50 Å². The molecule has 1 aliphatic heterocycles. The number of hydrogen-bond donors (Lipinski definition) is 1. The van der Waals surface area contributed by atoms with Gasteiger partial charge in [-0.05, 0) is 48.2 Å². The predicted octanol–water partition coefficient (Wildman–Crippen LogP) is 4.20. The van der Waals surface area contributed by atoms with Gasteiger partial charge in [-0.3, -0.25) is 19.3 Å². The van der Waals surface area contributed by atoms with Crippen LogP contribution >= 0.6 is 11.3 Å². The third-order valence-corrected chi connectivity index (χ3v) is 8.33. The van der Waals surface area contributed by atoms with E-state index in [2.05, 4.69) is 36.2 Å². The zero-order valence-corrected chi connectivity index (χ0v) is 25.4. The third-order valence-electron chi connectivity index (χ3n) is 7.30. The molecule has 0 fully saturated rings. The highest BCUT2D eigenvalue weighted by atomic mass is 32.1.